The topological polar surface area (TPSA) is 126 Å². The molecule has 0 spiro atoms. The molecular formula is C21H29F3N6O4. The Labute approximate surface area is 195 Å². The van der Waals surface area contributed by atoms with E-state index < -0.39 is 6.36 Å². The van der Waals surface area contributed by atoms with E-state index >= 15 is 0 Å². The SMILES string of the molecule is NCCOCCOCCNc1nc(NCC2CCCO2)nc(-c2ccc(OC(F)(F)F)cc2)n1. The lowest BCUT2D eigenvalue weighted by atomic mass is 10.2. The number of hydrogen-bond donors (Lipinski definition) is 3. The molecule has 4 N–H and O–H groups in total. The third-order valence-corrected chi connectivity index (χ3v) is 4.66. The first-order valence-corrected chi connectivity index (χ1v) is 11.0. The Balaban J connectivity index is 1.63. The summed E-state index contributed by atoms with van der Waals surface area (Å²) in [4.78, 5) is 13.2. The molecule has 0 bridgehead atoms. The molecule has 13 heteroatoms. The number of ether oxygens (including phenoxy) is 4. The number of aromatic nitrogens is 3. The smallest absolute Gasteiger partial charge is 0.406 e. The fourth-order valence-electron chi connectivity index (χ4n) is 3.12. The van der Waals surface area contributed by atoms with E-state index in [0.717, 1.165) is 19.4 Å². The molecule has 0 radical (unpaired) electrons. The van der Waals surface area contributed by atoms with E-state index in [-0.39, 0.29) is 11.9 Å². The Morgan fingerprint density at radius 2 is 1.68 bits per heavy atom. The highest BCUT2D eigenvalue weighted by atomic mass is 19.4. The van der Waals surface area contributed by atoms with Crippen LogP contribution in [0.3, 0.4) is 0 Å². The highest BCUT2D eigenvalue weighted by molar-refractivity contribution is 5.59. The number of anilines is 2. The van der Waals surface area contributed by atoms with E-state index in [1.54, 1.807) is 0 Å². The van der Waals surface area contributed by atoms with Crippen LogP contribution in [0.5, 0.6) is 5.75 Å². The van der Waals surface area contributed by atoms with Crippen LogP contribution >= 0.6 is 0 Å². The van der Waals surface area contributed by atoms with Crippen LogP contribution in [-0.4, -0.2) is 80.1 Å². The number of nitrogens with zero attached hydrogens (tertiary/aromatic N) is 3. The normalized spacial score (nSPS) is 15.9. The minimum absolute atomic E-state index is 0.0744. The van der Waals surface area contributed by atoms with Gasteiger partial charge in [-0.3, -0.25) is 0 Å². The van der Waals surface area contributed by atoms with Gasteiger partial charge < -0.3 is 35.3 Å². The fraction of sp³-hybridized carbons (Fsp3) is 0.571. The number of rotatable bonds is 14. The van der Waals surface area contributed by atoms with Crippen molar-refractivity contribution in [2.45, 2.75) is 25.3 Å². The number of nitrogens with one attached hydrogen (secondary N) is 2. The van der Waals surface area contributed by atoms with E-state index in [4.69, 9.17) is 19.9 Å². The van der Waals surface area contributed by atoms with Crippen LogP contribution in [0, 0.1) is 0 Å². The van der Waals surface area contributed by atoms with Gasteiger partial charge in [-0.05, 0) is 37.1 Å². The van der Waals surface area contributed by atoms with Crippen LogP contribution in [0.4, 0.5) is 25.1 Å². The zero-order valence-corrected chi connectivity index (χ0v) is 18.6. The summed E-state index contributed by atoms with van der Waals surface area (Å²) in [5.74, 6) is 0.600. The Bertz CT molecular complexity index is 867. The summed E-state index contributed by atoms with van der Waals surface area (Å²) < 4.78 is 57.5. The maximum Gasteiger partial charge on any atom is 0.573 e. The average Bonchev–Trinajstić information content (AvgIpc) is 3.33. The van der Waals surface area contributed by atoms with Crippen LogP contribution in [-0.2, 0) is 14.2 Å². The van der Waals surface area contributed by atoms with E-state index in [9.17, 15) is 13.2 Å². The van der Waals surface area contributed by atoms with Gasteiger partial charge in [-0.2, -0.15) is 15.0 Å². The van der Waals surface area contributed by atoms with Gasteiger partial charge in [0, 0.05) is 31.8 Å². The fourth-order valence-corrected chi connectivity index (χ4v) is 3.12. The van der Waals surface area contributed by atoms with E-state index in [0.29, 0.717) is 69.3 Å². The number of halogens is 3. The van der Waals surface area contributed by atoms with Crippen molar-refractivity contribution in [3.8, 4) is 17.1 Å². The first kappa shape index (κ1) is 25.9. The Hall–Kier alpha value is -2.74. The van der Waals surface area contributed by atoms with Crippen molar-refractivity contribution < 1.29 is 32.1 Å². The summed E-state index contributed by atoms with van der Waals surface area (Å²) in [6.45, 7) is 3.94. The predicted octanol–water partition coefficient (Wildman–Crippen LogP) is 2.43. The van der Waals surface area contributed by atoms with Crippen LogP contribution in [0.1, 0.15) is 12.8 Å². The van der Waals surface area contributed by atoms with Crippen molar-refractivity contribution in [1.82, 2.24) is 15.0 Å². The summed E-state index contributed by atoms with van der Waals surface area (Å²) in [5.41, 5.74) is 5.86. The van der Waals surface area contributed by atoms with Crippen LogP contribution < -0.4 is 21.1 Å². The molecule has 0 aliphatic carbocycles. The lowest BCUT2D eigenvalue weighted by Gasteiger charge is -2.13. The molecule has 3 rings (SSSR count). The molecule has 34 heavy (non-hydrogen) atoms. The molecule has 2 aromatic rings. The minimum atomic E-state index is -4.76. The van der Waals surface area contributed by atoms with Gasteiger partial charge in [-0.25, -0.2) is 0 Å². The molecular weight excluding hydrogens is 457 g/mol. The van der Waals surface area contributed by atoms with E-state index in [1.165, 1.54) is 24.3 Å². The summed E-state index contributed by atoms with van der Waals surface area (Å²) in [6.07, 6.45) is -2.73. The van der Waals surface area contributed by atoms with Gasteiger partial charge in [0.15, 0.2) is 5.82 Å². The highest BCUT2D eigenvalue weighted by Crippen LogP contribution is 2.26. The van der Waals surface area contributed by atoms with Gasteiger partial charge in [0.05, 0.1) is 32.5 Å². The first-order chi connectivity index (χ1) is 16.4. The number of alkyl halides is 3. The van der Waals surface area contributed by atoms with Gasteiger partial charge in [0.1, 0.15) is 5.75 Å². The second-order valence-corrected chi connectivity index (χ2v) is 7.33. The second kappa shape index (κ2) is 13.2. The highest BCUT2D eigenvalue weighted by Gasteiger charge is 2.31. The summed E-state index contributed by atoms with van der Waals surface area (Å²) >= 11 is 0. The molecule has 1 aliphatic rings. The summed E-state index contributed by atoms with van der Waals surface area (Å²) in [6, 6.07) is 5.32. The number of hydrogen-bond acceptors (Lipinski definition) is 10. The van der Waals surface area contributed by atoms with Crippen molar-refractivity contribution in [2.24, 2.45) is 5.73 Å². The zero-order valence-electron chi connectivity index (χ0n) is 18.6. The molecule has 10 nitrogen and oxygen atoms in total. The maximum absolute atomic E-state index is 12.4. The Kier molecular flexibility index (Phi) is 10.1. The zero-order chi connectivity index (χ0) is 24.2. The molecule has 1 fully saturated rings. The minimum Gasteiger partial charge on any atom is -0.406 e. The van der Waals surface area contributed by atoms with Crippen LogP contribution in [0.2, 0.25) is 0 Å². The Morgan fingerprint density at radius 3 is 2.32 bits per heavy atom. The third-order valence-electron chi connectivity index (χ3n) is 4.66. The Morgan fingerprint density at radius 1 is 0.971 bits per heavy atom. The van der Waals surface area contributed by atoms with E-state index in [1.807, 2.05) is 0 Å². The molecule has 188 valence electrons. The monoisotopic (exact) mass is 486 g/mol. The molecule has 1 aromatic carbocycles. The maximum atomic E-state index is 12.4. The molecule has 2 heterocycles. The first-order valence-electron chi connectivity index (χ1n) is 11.0. The summed E-state index contributed by atoms with van der Waals surface area (Å²) in [5, 5.41) is 6.23. The second-order valence-electron chi connectivity index (χ2n) is 7.33. The standard InChI is InChI=1S/C21H29F3N6O4/c22-21(23,24)34-16-5-3-15(4-6-16)18-28-19(26-8-11-32-13-12-31-10-7-25)30-20(29-18)27-14-17-2-1-9-33-17/h3-6,17H,1-2,7-14,25H2,(H2,26,27,28,29,30). The molecule has 1 atom stereocenters. The quantitative estimate of drug-likeness (QED) is 0.343. The van der Waals surface area contributed by atoms with Gasteiger partial charge >= 0.3 is 6.36 Å². The van der Waals surface area contributed by atoms with Crippen molar-refractivity contribution in [1.29, 1.82) is 0 Å². The molecule has 1 aromatic heterocycles. The van der Waals surface area contributed by atoms with Crippen LogP contribution in [0.25, 0.3) is 11.4 Å². The van der Waals surface area contributed by atoms with Gasteiger partial charge in [0.2, 0.25) is 11.9 Å². The van der Waals surface area contributed by atoms with Gasteiger partial charge in [-0.1, -0.05) is 0 Å². The largest absolute Gasteiger partial charge is 0.573 e. The average molecular weight is 486 g/mol. The molecule has 0 amide bonds. The van der Waals surface area contributed by atoms with Crippen LogP contribution in [0.15, 0.2) is 24.3 Å². The van der Waals surface area contributed by atoms with Crippen molar-refractivity contribution in [3.63, 3.8) is 0 Å². The number of benzene rings is 1. The molecule has 1 aliphatic heterocycles. The van der Waals surface area contributed by atoms with Gasteiger partial charge in [0.25, 0.3) is 0 Å². The third kappa shape index (κ3) is 9.25. The van der Waals surface area contributed by atoms with Crippen molar-refractivity contribution in [2.75, 3.05) is 63.3 Å². The molecule has 0 saturated carbocycles. The van der Waals surface area contributed by atoms with Gasteiger partial charge in [-0.15, -0.1) is 13.2 Å². The van der Waals surface area contributed by atoms with E-state index in [2.05, 4.69) is 30.3 Å². The van der Waals surface area contributed by atoms with Crippen molar-refractivity contribution in [3.05, 3.63) is 24.3 Å². The number of nitrogens with two attached hydrogens (primary N) is 1. The molecule has 1 unspecified atom stereocenters. The summed E-state index contributed by atoms with van der Waals surface area (Å²) in [7, 11) is 0. The lowest BCUT2D eigenvalue weighted by Crippen LogP contribution is -2.21. The molecule has 1 saturated heterocycles. The predicted molar refractivity (Wildman–Crippen MR) is 119 cm³/mol. The van der Waals surface area contributed by atoms with Crippen molar-refractivity contribution >= 4 is 11.9 Å². The lowest BCUT2D eigenvalue weighted by molar-refractivity contribution is -0.274.